The summed E-state index contributed by atoms with van der Waals surface area (Å²) in [6.45, 7) is 5.98. The van der Waals surface area contributed by atoms with Gasteiger partial charge in [-0.05, 0) is 63.1 Å². The summed E-state index contributed by atoms with van der Waals surface area (Å²) < 4.78 is 48.1. The second-order valence-corrected chi connectivity index (χ2v) is 13.5. The summed E-state index contributed by atoms with van der Waals surface area (Å²) in [6.07, 6.45) is 3.02. The standard InChI is InChI=1S/C35H36F3N9O3/c1-19-9-10-28(35(36,37)38)43-32(19)44-33(49)27-13-34-18-50-11-7-5-4-6-8-24-30-23(12-25(42-24)22-15-40-21(3)41-16-22)26(14-39)45-46(30)17-29(48)47(27)31(34)20(34)2/h9-10,12,15-16,20,27,31H,4-8,11,13,17-18H2,1-3H3,(H,43,44,49)/t20-,27-,31+,34+/m0/s1. The Morgan fingerprint density at radius 2 is 1.88 bits per heavy atom. The SMILES string of the molecule is Cc1ncc(-c2cc3c(C#N)nn4c3c(n2)CCCCCCOC[C@@]23C[C@@H](C(=O)Nc5nc(C(F)(F)F)ccc5C)N(C(=O)C4)[C@@H]2[C@@H]3C)cn1. The van der Waals surface area contributed by atoms with E-state index in [1.165, 1.54) is 10.7 Å². The minimum Gasteiger partial charge on any atom is -0.381 e. The molecule has 0 aromatic carbocycles. The zero-order chi connectivity index (χ0) is 35.4. The van der Waals surface area contributed by atoms with E-state index in [0.29, 0.717) is 58.9 Å². The van der Waals surface area contributed by atoms with Crippen LogP contribution >= 0.6 is 0 Å². The number of rotatable bonds is 3. The number of piperidine rings is 1. The predicted octanol–water partition coefficient (Wildman–Crippen LogP) is 5.17. The van der Waals surface area contributed by atoms with Gasteiger partial charge in [-0.25, -0.2) is 15.0 Å². The van der Waals surface area contributed by atoms with E-state index in [1.807, 2.05) is 6.92 Å². The fourth-order valence-corrected chi connectivity index (χ4v) is 7.64. The first-order chi connectivity index (χ1) is 23.9. The summed E-state index contributed by atoms with van der Waals surface area (Å²) in [5.74, 6) is -0.601. The third kappa shape index (κ3) is 5.95. The van der Waals surface area contributed by atoms with Crippen LogP contribution in [-0.4, -0.2) is 71.7 Å². The molecule has 1 saturated carbocycles. The van der Waals surface area contributed by atoms with Crippen LogP contribution in [0.25, 0.3) is 22.2 Å². The van der Waals surface area contributed by atoms with Crippen molar-refractivity contribution in [1.82, 2.24) is 34.6 Å². The van der Waals surface area contributed by atoms with Crippen molar-refractivity contribution in [3.05, 3.63) is 59.1 Å². The largest absolute Gasteiger partial charge is 0.433 e. The molecule has 7 rings (SSSR count). The Morgan fingerprint density at radius 3 is 2.62 bits per heavy atom. The number of nitriles is 1. The Kier molecular flexibility index (Phi) is 8.53. The number of carbonyl (C=O) groups is 2. The van der Waals surface area contributed by atoms with Gasteiger partial charge in [-0.15, -0.1) is 0 Å². The zero-order valence-electron chi connectivity index (χ0n) is 27.9. The maximum atomic E-state index is 14.4. The summed E-state index contributed by atoms with van der Waals surface area (Å²) in [5, 5.41) is 17.8. The number of halogens is 3. The molecule has 6 heterocycles. The third-order valence-electron chi connectivity index (χ3n) is 10.4. The minimum absolute atomic E-state index is 0.0279. The molecule has 3 aliphatic rings. The second kappa shape index (κ2) is 12.7. The smallest absolute Gasteiger partial charge is 0.381 e. The second-order valence-electron chi connectivity index (χ2n) is 13.5. The number of hydrogen-bond acceptors (Lipinski definition) is 9. The molecule has 12 nitrogen and oxygen atoms in total. The van der Waals surface area contributed by atoms with Gasteiger partial charge in [0.15, 0.2) is 5.69 Å². The maximum absolute atomic E-state index is 14.4. The monoisotopic (exact) mass is 687 g/mol. The third-order valence-corrected chi connectivity index (χ3v) is 10.4. The Hall–Kier alpha value is -4.97. The van der Waals surface area contributed by atoms with Gasteiger partial charge in [0.25, 0.3) is 0 Å². The van der Waals surface area contributed by atoms with E-state index in [-0.39, 0.29) is 36.4 Å². The number of nitrogens with one attached hydrogen (secondary N) is 1. The lowest BCUT2D eigenvalue weighted by atomic mass is 9.96. The summed E-state index contributed by atoms with van der Waals surface area (Å²) in [6, 6.07) is 4.74. The number of hydrogen-bond donors (Lipinski definition) is 1. The highest BCUT2D eigenvalue weighted by molar-refractivity contribution is 5.98. The van der Waals surface area contributed by atoms with Crippen molar-refractivity contribution in [2.24, 2.45) is 11.3 Å². The number of nitrogens with zero attached hydrogens (tertiary/aromatic N) is 8. The van der Waals surface area contributed by atoms with Crippen molar-refractivity contribution in [3.8, 4) is 17.3 Å². The highest BCUT2D eigenvalue weighted by Crippen LogP contribution is 2.64. The van der Waals surface area contributed by atoms with Gasteiger partial charge in [-0.3, -0.25) is 19.3 Å². The molecular weight excluding hydrogens is 651 g/mol. The van der Waals surface area contributed by atoms with Gasteiger partial charge in [0.05, 0.1) is 23.5 Å². The van der Waals surface area contributed by atoms with Crippen molar-refractivity contribution in [2.75, 3.05) is 18.5 Å². The molecule has 2 fully saturated rings. The van der Waals surface area contributed by atoms with Gasteiger partial charge in [0.1, 0.15) is 36.0 Å². The quantitative estimate of drug-likeness (QED) is 0.308. The van der Waals surface area contributed by atoms with Crippen molar-refractivity contribution in [2.45, 2.75) is 84.1 Å². The molecule has 2 bridgehead atoms. The highest BCUT2D eigenvalue weighted by atomic mass is 19.4. The molecule has 4 atom stereocenters. The van der Waals surface area contributed by atoms with Crippen molar-refractivity contribution in [1.29, 1.82) is 5.26 Å². The van der Waals surface area contributed by atoms with Crippen LogP contribution < -0.4 is 5.32 Å². The fraction of sp³-hybridized carbons (Fsp3) is 0.486. The van der Waals surface area contributed by atoms with Crippen LogP contribution in [0, 0.1) is 36.5 Å². The molecule has 0 radical (unpaired) electrons. The van der Waals surface area contributed by atoms with E-state index in [2.05, 4.69) is 31.4 Å². The van der Waals surface area contributed by atoms with Crippen molar-refractivity contribution in [3.63, 3.8) is 0 Å². The Labute approximate surface area is 286 Å². The molecule has 260 valence electrons. The number of anilines is 1. The van der Waals surface area contributed by atoms with E-state index < -0.39 is 35.1 Å². The van der Waals surface area contributed by atoms with Gasteiger partial charge in [0, 0.05) is 41.4 Å². The normalized spacial score (nSPS) is 24.1. The van der Waals surface area contributed by atoms with Crippen LogP contribution in [0.3, 0.4) is 0 Å². The maximum Gasteiger partial charge on any atom is 0.433 e. The number of amides is 2. The molecule has 0 unspecified atom stereocenters. The van der Waals surface area contributed by atoms with Gasteiger partial charge in [0.2, 0.25) is 11.8 Å². The van der Waals surface area contributed by atoms with Gasteiger partial charge in [-0.1, -0.05) is 25.8 Å². The molecule has 4 aromatic heterocycles. The summed E-state index contributed by atoms with van der Waals surface area (Å²) in [4.78, 5) is 47.1. The van der Waals surface area contributed by atoms with Crippen molar-refractivity contribution < 1.29 is 27.5 Å². The zero-order valence-corrected chi connectivity index (χ0v) is 27.9. The molecule has 1 N–H and O–H groups in total. The number of carbonyl (C=O) groups excluding carboxylic acids is 2. The molecule has 50 heavy (non-hydrogen) atoms. The van der Waals surface area contributed by atoms with E-state index >= 15 is 0 Å². The molecule has 2 amide bonds. The van der Waals surface area contributed by atoms with E-state index in [1.54, 1.807) is 37.2 Å². The molecular formula is C35H36F3N9O3. The van der Waals surface area contributed by atoms with Gasteiger partial charge in [-0.2, -0.15) is 23.5 Å². The molecule has 0 spiro atoms. The molecule has 15 heteroatoms. The number of pyridine rings is 2. The lowest BCUT2D eigenvalue weighted by Crippen LogP contribution is -2.47. The average molecular weight is 688 g/mol. The molecule has 1 aliphatic carbocycles. The predicted molar refractivity (Wildman–Crippen MR) is 174 cm³/mol. The highest BCUT2D eigenvalue weighted by Gasteiger charge is 2.72. The van der Waals surface area contributed by atoms with Crippen molar-refractivity contribution >= 4 is 28.5 Å². The first-order valence-corrected chi connectivity index (χ1v) is 16.8. The summed E-state index contributed by atoms with van der Waals surface area (Å²) in [5.41, 5.74) is 1.40. The number of aromatic nitrogens is 6. The molecule has 4 aromatic rings. The van der Waals surface area contributed by atoms with Crippen LogP contribution in [0.4, 0.5) is 19.0 Å². The Morgan fingerprint density at radius 1 is 1.12 bits per heavy atom. The first kappa shape index (κ1) is 33.5. The van der Waals surface area contributed by atoms with Crippen LogP contribution in [0.5, 0.6) is 0 Å². The van der Waals surface area contributed by atoms with Gasteiger partial charge >= 0.3 is 6.18 Å². The average Bonchev–Trinajstić information content (AvgIpc) is 3.34. The van der Waals surface area contributed by atoms with E-state index in [4.69, 9.17) is 9.72 Å². The summed E-state index contributed by atoms with van der Waals surface area (Å²) in [7, 11) is 0. The Bertz CT molecular complexity index is 2020. The lowest BCUT2D eigenvalue weighted by molar-refractivity contribution is -0.141. The minimum atomic E-state index is -4.69. The lowest BCUT2D eigenvalue weighted by Gasteiger charge is -2.28. The Balaban J connectivity index is 1.27. The number of ether oxygens (including phenoxy) is 1. The first-order valence-electron chi connectivity index (χ1n) is 16.8. The topological polar surface area (TPSA) is 152 Å². The van der Waals surface area contributed by atoms with Gasteiger partial charge < -0.3 is 15.0 Å². The number of aryl methyl sites for hydroxylation is 3. The van der Waals surface area contributed by atoms with Crippen LogP contribution in [0.15, 0.2) is 30.6 Å². The fourth-order valence-electron chi connectivity index (χ4n) is 7.64. The van der Waals surface area contributed by atoms with E-state index in [0.717, 1.165) is 31.7 Å². The van der Waals surface area contributed by atoms with E-state index in [9.17, 15) is 28.0 Å². The van der Waals surface area contributed by atoms with Crippen LogP contribution in [0.1, 0.15) is 67.5 Å². The molecule has 2 aliphatic heterocycles. The number of alkyl halides is 3. The molecule has 1 saturated heterocycles. The van der Waals surface area contributed by atoms with Crippen LogP contribution in [0.2, 0.25) is 0 Å². The summed E-state index contributed by atoms with van der Waals surface area (Å²) >= 11 is 0. The van der Waals surface area contributed by atoms with Crippen LogP contribution in [-0.2, 0) is 33.5 Å².